The molecule has 2 rings (SSSR count). The molecular weight excluding hydrogens is 634 g/mol. The fraction of sp³-hybridized carbons (Fsp3) is 0.600. The predicted octanol–water partition coefficient (Wildman–Crippen LogP) is 6.53. The lowest BCUT2D eigenvalue weighted by molar-refractivity contribution is 0.0517. The average molecular weight is 695 g/mol. The van der Waals surface area contributed by atoms with Crippen molar-refractivity contribution in [3.63, 3.8) is 0 Å². The number of carbonyl (C=O) groups is 2. The number of nitrogen functional groups attached to an aromatic ring is 1. The van der Waals surface area contributed by atoms with Gasteiger partial charge in [-0.05, 0) is 131 Å². The molecule has 0 aromatic heterocycles. The minimum atomic E-state index is -0.453. The highest BCUT2D eigenvalue weighted by molar-refractivity contribution is 9.09. The van der Waals surface area contributed by atoms with Crippen molar-refractivity contribution in [2.75, 3.05) is 65.4 Å². The number of nitrogens with one attached hydrogen (secondary N) is 2. The Balaban J connectivity index is 0.000000744. The molecule has 0 radical (unpaired) electrons. The Morgan fingerprint density at radius 3 is 1.33 bits per heavy atom. The number of nitrogens with zero attached hydrogens (tertiary/aromatic N) is 2. The number of aryl methyl sites for hydroxylation is 1. The fourth-order valence-corrected chi connectivity index (χ4v) is 4.28. The van der Waals surface area contributed by atoms with Gasteiger partial charge in [0.15, 0.2) is 0 Å². The minimum Gasteiger partial charge on any atom is -0.444 e. The number of hydrogen-bond acceptors (Lipinski definition) is 7. The molecule has 0 saturated heterocycles. The van der Waals surface area contributed by atoms with Crippen molar-refractivity contribution in [3.8, 4) is 0 Å². The van der Waals surface area contributed by atoms with Gasteiger partial charge in [0.2, 0.25) is 0 Å². The number of hydrogen-bond donors (Lipinski definition) is 3. The molecule has 9 nitrogen and oxygen atoms in total. The zero-order valence-electron chi connectivity index (χ0n) is 29.5. The number of alkyl carbamates (subject to hydrolysis) is 2. The van der Waals surface area contributed by atoms with Gasteiger partial charge in [-0.15, -0.1) is 0 Å². The standard InChI is InChI=1S/C18H30N2O2.C13H20N2O2.C4H10BrN/c1-18(2,3)22-17(21)19-13-12-16-10-8-15(9-11-16)7-6-14-20(4)5;1-13(2,3)17-12(16)15-9-8-10-4-6-11(14)7-5-10;1-6(2)4-3-5/h8-11H,6-7,12-14H2,1-5H3,(H,19,21);4-7H,8-9,14H2,1-3H3,(H,15,16);3-4H2,1-2H3. The maximum atomic E-state index is 11.5. The third-order valence-electron chi connectivity index (χ3n) is 5.77. The average Bonchev–Trinajstić information content (AvgIpc) is 2.89. The van der Waals surface area contributed by atoms with Crippen LogP contribution in [0, 0.1) is 0 Å². The fourth-order valence-electron chi connectivity index (χ4n) is 3.57. The van der Waals surface area contributed by atoms with Crippen LogP contribution < -0.4 is 16.4 Å². The summed E-state index contributed by atoms with van der Waals surface area (Å²) in [4.78, 5) is 27.2. The molecule has 0 aliphatic heterocycles. The van der Waals surface area contributed by atoms with E-state index in [2.05, 4.69) is 88.8 Å². The van der Waals surface area contributed by atoms with Crippen LogP contribution in [0.3, 0.4) is 0 Å². The first-order chi connectivity index (χ1) is 20.9. The maximum Gasteiger partial charge on any atom is 0.407 e. The van der Waals surface area contributed by atoms with Gasteiger partial charge < -0.3 is 35.6 Å². The summed E-state index contributed by atoms with van der Waals surface area (Å²) < 4.78 is 10.3. The maximum absolute atomic E-state index is 11.5. The zero-order chi connectivity index (χ0) is 34.5. The second-order valence-corrected chi connectivity index (χ2v) is 14.1. The van der Waals surface area contributed by atoms with Gasteiger partial charge in [-0.1, -0.05) is 52.3 Å². The van der Waals surface area contributed by atoms with E-state index in [4.69, 9.17) is 15.2 Å². The zero-order valence-corrected chi connectivity index (χ0v) is 31.1. The van der Waals surface area contributed by atoms with Gasteiger partial charge in [-0.25, -0.2) is 9.59 Å². The Morgan fingerprint density at radius 2 is 1.02 bits per heavy atom. The van der Waals surface area contributed by atoms with Crippen LogP contribution in [0.15, 0.2) is 48.5 Å². The number of alkyl halides is 1. The van der Waals surface area contributed by atoms with Crippen LogP contribution in [-0.4, -0.2) is 92.9 Å². The Hall–Kier alpha value is -2.82. The van der Waals surface area contributed by atoms with Crippen molar-refractivity contribution in [3.05, 3.63) is 65.2 Å². The van der Waals surface area contributed by atoms with E-state index in [0.29, 0.717) is 13.1 Å². The highest BCUT2D eigenvalue weighted by Gasteiger charge is 2.16. The van der Waals surface area contributed by atoms with Crippen molar-refractivity contribution < 1.29 is 19.1 Å². The van der Waals surface area contributed by atoms with E-state index < -0.39 is 11.2 Å². The molecule has 0 unspecified atom stereocenters. The van der Waals surface area contributed by atoms with Crippen LogP contribution in [-0.2, 0) is 28.7 Å². The molecule has 2 aromatic rings. The topological polar surface area (TPSA) is 109 Å². The minimum absolute atomic E-state index is 0.354. The normalized spacial score (nSPS) is 11.1. The molecule has 0 heterocycles. The second-order valence-electron chi connectivity index (χ2n) is 13.3. The number of carbonyl (C=O) groups excluding carboxylic acids is 2. The SMILES string of the molecule is CC(C)(C)OC(=O)NCCc1ccc(N)cc1.CN(C)CCBr.CN(C)CCCc1ccc(CCNC(=O)OC(C)(C)C)cc1. The van der Waals surface area contributed by atoms with E-state index in [1.165, 1.54) is 17.5 Å². The van der Waals surface area contributed by atoms with Crippen LogP contribution in [0.1, 0.15) is 64.7 Å². The lowest BCUT2D eigenvalue weighted by Crippen LogP contribution is -2.33. The van der Waals surface area contributed by atoms with Crippen molar-refractivity contribution in [2.45, 2.75) is 78.4 Å². The lowest BCUT2D eigenvalue weighted by Gasteiger charge is -2.19. The molecule has 256 valence electrons. The molecule has 4 N–H and O–H groups in total. The quantitative estimate of drug-likeness (QED) is 0.171. The number of ether oxygens (including phenoxy) is 2. The first kappa shape index (κ1) is 42.2. The molecule has 0 aliphatic rings. The first-order valence-corrected chi connectivity index (χ1v) is 16.7. The van der Waals surface area contributed by atoms with Gasteiger partial charge in [0.1, 0.15) is 11.2 Å². The number of benzene rings is 2. The van der Waals surface area contributed by atoms with E-state index >= 15 is 0 Å². The Kier molecular flexibility index (Phi) is 21.2. The molecule has 10 heteroatoms. The predicted molar refractivity (Wildman–Crippen MR) is 192 cm³/mol. The van der Waals surface area contributed by atoms with Gasteiger partial charge in [0.05, 0.1) is 0 Å². The number of rotatable bonds is 12. The van der Waals surface area contributed by atoms with E-state index in [-0.39, 0.29) is 12.2 Å². The smallest absolute Gasteiger partial charge is 0.407 e. The second kappa shape index (κ2) is 22.6. The third-order valence-corrected chi connectivity index (χ3v) is 6.12. The molecule has 0 spiro atoms. The van der Waals surface area contributed by atoms with Crippen molar-refractivity contribution in [1.82, 2.24) is 20.4 Å². The van der Waals surface area contributed by atoms with Crippen LogP contribution in [0.2, 0.25) is 0 Å². The highest BCUT2D eigenvalue weighted by Crippen LogP contribution is 2.10. The Bertz CT molecular complexity index is 1060. The van der Waals surface area contributed by atoms with Gasteiger partial charge in [0.25, 0.3) is 0 Å². The van der Waals surface area contributed by atoms with Gasteiger partial charge >= 0.3 is 12.2 Å². The largest absolute Gasteiger partial charge is 0.444 e. The summed E-state index contributed by atoms with van der Waals surface area (Å²) in [7, 11) is 8.31. The molecule has 0 atom stereocenters. The Morgan fingerprint density at radius 1 is 0.667 bits per heavy atom. The summed E-state index contributed by atoms with van der Waals surface area (Å²) in [6.07, 6.45) is 3.12. The van der Waals surface area contributed by atoms with Crippen LogP contribution in [0.5, 0.6) is 0 Å². The van der Waals surface area contributed by atoms with Gasteiger partial charge in [-0.2, -0.15) is 0 Å². The summed E-state index contributed by atoms with van der Waals surface area (Å²) in [5.41, 5.74) is 9.16. The van der Waals surface area contributed by atoms with Crippen LogP contribution in [0.25, 0.3) is 0 Å². The lowest BCUT2D eigenvalue weighted by atomic mass is 10.1. The van der Waals surface area contributed by atoms with Crippen LogP contribution in [0.4, 0.5) is 15.3 Å². The summed E-state index contributed by atoms with van der Waals surface area (Å²) in [6, 6.07) is 16.2. The molecule has 0 aliphatic carbocycles. The summed E-state index contributed by atoms with van der Waals surface area (Å²) in [6.45, 7) is 14.5. The molecule has 2 aromatic carbocycles. The monoisotopic (exact) mass is 693 g/mol. The molecule has 2 amide bonds. The third kappa shape index (κ3) is 27.2. The molecule has 45 heavy (non-hydrogen) atoms. The van der Waals surface area contributed by atoms with Gasteiger partial charge in [0, 0.05) is 30.7 Å². The number of anilines is 1. The highest BCUT2D eigenvalue weighted by atomic mass is 79.9. The first-order valence-electron chi connectivity index (χ1n) is 15.6. The Labute approximate surface area is 281 Å². The number of halogens is 1. The molecule has 0 bridgehead atoms. The summed E-state index contributed by atoms with van der Waals surface area (Å²) in [5, 5.41) is 6.56. The van der Waals surface area contributed by atoms with E-state index in [1.54, 1.807) is 0 Å². The van der Waals surface area contributed by atoms with Crippen LogP contribution >= 0.6 is 15.9 Å². The number of nitrogens with two attached hydrogens (primary N) is 1. The molecular formula is C35H60BrN5O4. The molecule has 0 fully saturated rings. The van der Waals surface area contributed by atoms with E-state index in [9.17, 15) is 9.59 Å². The summed E-state index contributed by atoms with van der Waals surface area (Å²) >= 11 is 3.31. The van der Waals surface area contributed by atoms with Crippen molar-refractivity contribution >= 4 is 33.8 Å². The molecule has 0 saturated carbocycles. The summed E-state index contributed by atoms with van der Waals surface area (Å²) in [5.74, 6) is 0. The van der Waals surface area contributed by atoms with Crippen molar-refractivity contribution in [2.24, 2.45) is 0 Å². The van der Waals surface area contributed by atoms with Gasteiger partial charge in [-0.3, -0.25) is 0 Å². The number of amides is 2. The van der Waals surface area contributed by atoms with E-state index in [0.717, 1.165) is 48.9 Å². The van der Waals surface area contributed by atoms with Crippen molar-refractivity contribution in [1.29, 1.82) is 0 Å². The van der Waals surface area contributed by atoms with E-state index in [1.807, 2.05) is 65.8 Å².